The fourth-order valence-electron chi connectivity index (χ4n) is 2.24. The number of alkyl carbamates (subject to hydrolysis) is 1. The predicted octanol–water partition coefficient (Wildman–Crippen LogP) is 2.31. The number of ether oxygens (including phenoxy) is 2. The van der Waals surface area contributed by atoms with E-state index in [-0.39, 0.29) is 12.1 Å². The summed E-state index contributed by atoms with van der Waals surface area (Å²) in [7, 11) is 0. The van der Waals surface area contributed by atoms with E-state index in [0.717, 1.165) is 25.7 Å². The molecule has 0 heterocycles. The molecule has 0 bridgehead atoms. The van der Waals surface area contributed by atoms with Crippen molar-refractivity contribution in [3.8, 4) is 0 Å². The Kier molecular flexibility index (Phi) is 6.92. The Balaban J connectivity index is 2.54. The number of carbonyl (C=O) groups is 2. The molecule has 1 aliphatic rings. The molecule has 1 saturated carbocycles. The Hall–Kier alpha value is -1.33. The van der Waals surface area contributed by atoms with Gasteiger partial charge in [0.1, 0.15) is 0 Å². The summed E-state index contributed by atoms with van der Waals surface area (Å²) in [5.41, 5.74) is -0.595. The van der Waals surface area contributed by atoms with Crippen LogP contribution in [0.5, 0.6) is 0 Å². The van der Waals surface area contributed by atoms with Crippen LogP contribution in [0.15, 0.2) is 0 Å². The van der Waals surface area contributed by atoms with Crippen LogP contribution in [0.3, 0.4) is 0 Å². The van der Waals surface area contributed by atoms with E-state index in [4.69, 9.17) is 9.47 Å². The fourth-order valence-corrected chi connectivity index (χ4v) is 2.24. The van der Waals surface area contributed by atoms with Crippen LogP contribution in [-0.4, -0.2) is 43.2 Å². The van der Waals surface area contributed by atoms with Crippen molar-refractivity contribution < 1.29 is 19.1 Å². The standard InChI is InChI=1S/C15H26BNO4/c1-15(2,3)21-14(19)17-12(9-10-16-4)13(18)20-11-7-5-6-8-11/h11-12H,4-10H2,1-3H3,(H,17,19)/t12-/m0/s1. The number of esters is 1. The minimum atomic E-state index is -0.682. The van der Waals surface area contributed by atoms with Gasteiger partial charge in [-0.25, -0.2) is 0 Å². The third-order valence-corrected chi connectivity index (χ3v) is 3.22. The zero-order valence-corrected chi connectivity index (χ0v) is 13.3. The van der Waals surface area contributed by atoms with Crippen molar-refractivity contribution in [2.24, 2.45) is 0 Å². The molecular formula is C15H26BNO4. The number of carbonyl (C=O) groups excluding carboxylic acids is 2. The number of nitrogens with one attached hydrogen (secondary N) is 1. The van der Waals surface area contributed by atoms with Crippen molar-refractivity contribution >= 4 is 25.5 Å². The quantitative estimate of drug-likeness (QED) is 0.603. The maximum absolute atomic E-state index is 12.2. The van der Waals surface area contributed by atoms with Crippen LogP contribution in [-0.2, 0) is 14.3 Å². The molecule has 0 aromatic rings. The van der Waals surface area contributed by atoms with Gasteiger partial charge in [0.25, 0.3) is 0 Å². The molecule has 0 aromatic carbocycles. The van der Waals surface area contributed by atoms with Gasteiger partial charge in [-0.3, -0.25) is 0 Å². The van der Waals surface area contributed by atoms with Crippen molar-refractivity contribution in [1.29, 1.82) is 0 Å². The van der Waals surface area contributed by atoms with Crippen LogP contribution in [0.4, 0.5) is 4.79 Å². The van der Waals surface area contributed by atoms with E-state index in [0.29, 0.717) is 12.7 Å². The first-order valence-electron chi connectivity index (χ1n) is 7.62. The summed E-state index contributed by atoms with van der Waals surface area (Å²) in [5.74, 6) is -0.380. The van der Waals surface area contributed by atoms with Crippen LogP contribution in [0.25, 0.3) is 0 Å². The summed E-state index contributed by atoms with van der Waals surface area (Å²) in [4.78, 5) is 24.0. The molecule has 1 N–H and O–H groups in total. The molecule has 0 aromatic heterocycles. The molecular weight excluding hydrogens is 269 g/mol. The number of rotatable bonds is 6. The van der Waals surface area contributed by atoms with Gasteiger partial charge in [0, 0.05) is 0 Å². The van der Waals surface area contributed by atoms with Gasteiger partial charge >= 0.3 is 127 Å². The van der Waals surface area contributed by atoms with Crippen LogP contribution < -0.4 is 5.32 Å². The van der Waals surface area contributed by atoms with E-state index in [1.165, 1.54) is 0 Å². The van der Waals surface area contributed by atoms with Gasteiger partial charge in [0.05, 0.1) is 0 Å². The summed E-state index contributed by atoms with van der Waals surface area (Å²) in [6, 6.07) is -0.682. The first-order chi connectivity index (χ1) is 9.81. The maximum atomic E-state index is 12.2. The molecule has 118 valence electrons. The average molecular weight is 295 g/mol. The van der Waals surface area contributed by atoms with Crippen LogP contribution in [0.2, 0.25) is 6.32 Å². The zero-order chi connectivity index (χ0) is 15.9. The van der Waals surface area contributed by atoms with Crippen LogP contribution in [0.1, 0.15) is 52.9 Å². The first kappa shape index (κ1) is 17.7. The molecule has 0 unspecified atom stereocenters. The molecule has 0 radical (unpaired) electrons. The van der Waals surface area contributed by atoms with E-state index in [1.54, 1.807) is 27.7 Å². The second-order valence-electron chi connectivity index (χ2n) is 6.41. The van der Waals surface area contributed by atoms with Gasteiger partial charge in [0.2, 0.25) is 0 Å². The van der Waals surface area contributed by atoms with Gasteiger partial charge in [-0.1, -0.05) is 0 Å². The number of hydrogen-bond donors (Lipinski definition) is 1. The van der Waals surface area contributed by atoms with Crippen molar-refractivity contribution in [1.82, 2.24) is 5.32 Å². The summed E-state index contributed by atoms with van der Waals surface area (Å²) >= 11 is 0. The van der Waals surface area contributed by atoms with Crippen molar-refractivity contribution in [2.45, 2.75) is 76.9 Å². The molecule has 0 spiro atoms. The van der Waals surface area contributed by atoms with Crippen LogP contribution >= 0.6 is 0 Å². The van der Waals surface area contributed by atoms with Crippen molar-refractivity contribution in [3.63, 3.8) is 0 Å². The first-order valence-corrected chi connectivity index (χ1v) is 7.62. The van der Waals surface area contributed by atoms with Gasteiger partial charge in [0.15, 0.2) is 0 Å². The second-order valence-corrected chi connectivity index (χ2v) is 6.41. The SMILES string of the molecule is C=BCC[C@H](NC(=O)OC(C)(C)C)C(=O)OC1CCCC1. The van der Waals surface area contributed by atoms with Crippen LogP contribution in [0, 0.1) is 0 Å². The molecule has 1 atom stereocenters. The normalized spacial score (nSPS) is 16.9. The summed E-state index contributed by atoms with van der Waals surface area (Å²) in [6.45, 7) is 10.7. The third-order valence-electron chi connectivity index (χ3n) is 3.22. The van der Waals surface area contributed by atoms with Gasteiger partial charge in [-0.2, -0.15) is 0 Å². The predicted molar refractivity (Wildman–Crippen MR) is 83.8 cm³/mol. The third kappa shape index (κ3) is 7.30. The minimum absolute atomic E-state index is 0.0100. The topological polar surface area (TPSA) is 64.6 Å². The monoisotopic (exact) mass is 295 g/mol. The number of amides is 1. The summed E-state index contributed by atoms with van der Waals surface area (Å²) in [5, 5.41) is 2.60. The Morgan fingerprint density at radius 3 is 2.48 bits per heavy atom. The van der Waals surface area contributed by atoms with E-state index in [1.807, 2.05) is 0 Å². The molecule has 0 aliphatic heterocycles. The molecule has 1 amide bonds. The van der Waals surface area contributed by atoms with Gasteiger partial charge < -0.3 is 0 Å². The van der Waals surface area contributed by atoms with Gasteiger partial charge in [-0.15, -0.1) is 0 Å². The van der Waals surface area contributed by atoms with Crippen molar-refractivity contribution in [2.75, 3.05) is 0 Å². The van der Waals surface area contributed by atoms with Gasteiger partial charge in [-0.05, 0) is 0 Å². The molecule has 21 heavy (non-hydrogen) atoms. The molecule has 5 nitrogen and oxygen atoms in total. The van der Waals surface area contributed by atoms with E-state index in [9.17, 15) is 9.59 Å². The Bertz CT molecular complexity index is 372. The molecule has 6 heteroatoms. The summed E-state index contributed by atoms with van der Waals surface area (Å²) in [6.07, 6.45) is 4.49. The Labute approximate surface area is 127 Å². The average Bonchev–Trinajstić information content (AvgIpc) is 2.84. The fraction of sp³-hybridized carbons (Fsp3) is 0.800. The molecule has 1 rings (SSSR count). The molecule has 0 saturated heterocycles. The van der Waals surface area contributed by atoms with E-state index < -0.39 is 17.7 Å². The van der Waals surface area contributed by atoms with E-state index in [2.05, 4.69) is 11.8 Å². The molecule has 1 aliphatic carbocycles. The second kappa shape index (κ2) is 8.20. The molecule has 1 fully saturated rings. The summed E-state index contributed by atoms with van der Waals surface area (Å²) < 4.78 is 10.6. The Morgan fingerprint density at radius 1 is 1.33 bits per heavy atom. The Morgan fingerprint density at radius 2 is 1.95 bits per heavy atom. The van der Waals surface area contributed by atoms with E-state index >= 15 is 0 Å². The van der Waals surface area contributed by atoms with Crippen molar-refractivity contribution in [3.05, 3.63) is 0 Å². The zero-order valence-electron chi connectivity index (χ0n) is 13.3. The number of hydrogen-bond acceptors (Lipinski definition) is 4.